The smallest absolute Gasteiger partial charge is 0.370 e. The van der Waals surface area contributed by atoms with Crippen LogP contribution in [0.4, 0.5) is 0 Å². The summed E-state index contributed by atoms with van der Waals surface area (Å²) < 4.78 is 5.43. The molecule has 0 aromatic heterocycles. The van der Waals surface area contributed by atoms with Gasteiger partial charge in [-0.1, -0.05) is 30.3 Å². The molecule has 1 fully saturated rings. The Hall–Kier alpha value is -1.35. The zero-order chi connectivity index (χ0) is 11.4. The Bertz CT molecular complexity index is 344. The van der Waals surface area contributed by atoms with Crippen LogP contribution in [0.2, 0.25) is 0 Å². The van der Waals surface area contributed by atoms with Gasteiger partial charge in [0.05, 0.1) is 0 Å². The first kappa shape index (κ1) is 11.1. The number of carbonyl (C=O) groups excluding carboxylic acids is 1. The Balaban J connectivity index is 1.94. The Labute approximate surface area is 95.6 Å². The molecule has 0 radical (unpaired) electrons. The van der Waals surface area contributed by atoms with Crippen molar-refractivity contribution in [1.82, 2.24) is 0 Å². The van der Waals surface area contributed by atoms with E-state index in [9.17, 15) is 4.79 Å². The topological polar surface area (TPSA) is 53.9 Å². The summed E-state index contributed by atoms with van der Waals surface area (Å²) in [5, 5.41) is 0. The van der Waals surface area contributed by atoms with Crippen LogP contribution in [0.25, 0.3) is 0 Å². The van der Waals surface area contributed by atoms with Crippen molar-refractivity contribution >= 4 is 5.97 Å². The Morgan fingerprint density at radius 3 is 2.50 bits per heavy atom. The highest BCUT2D eigenvalue weighted by Crippen LogP contribution is 2.22. The van der Waals surface area contributed by atoms with Gasteiger partial charge in [0.15, 0.2) is 0 Å². The lowest BCUT2D eigenvalue weighted by Crippen LogP contribution is -2.58. The maximum atomic E-state index is 11.8. The molecular weight excluding hydrogens is 202 g/mol. The lowest BCUT2D eigenvalue weighted by atomic mass is 10.1. The van der Waals surface area contributed by atoms with Crippen molar-refractivity contribution in [1.29, 1.82) is 0 Å². The van der Waals surface area contributed by atoms with Crippen LogP contribution < -0.4 is 5.73 Å². The third-order valence-corrected chi connectivity index (χ3v) is 3.07. The van der Waals surface area contributed by atoms with Gasteiger partial charge in [0.25, 0.3) is 0 Å². The summed E-state index contributed by atoms with van der Waals surface area (Å²) in [6.45, 7) is 0. The van der Waals surface area contributed by atoms with Crippen molar-refractivity contribution < 1.29 is 15.3 Å². The van der Waals surface area contributed by atoms with E-state index in [1.165, 1.54) is 12.8 Å². The molecule has 16 heavy (non-hydrogen) atoms. The number of benzene rings is 1. The summed E-state index contributed by atoms with van der Waals surface area (Å²) >= 11 is 0. The van der Waals surface area contributed by atoms with Gasteiger partial charge in [-0.05, 0) is 25.7 Å². The number of carbonyl (C=O) groups is 1. The first-order valence-corrected chi connectivity index (χ1v) is 5.86. The van der Waals surface area contributed by atoms with Gasteiger partial charge in [-0.25, -0.2) is 4.79 Å². The monoisotopic (exact) mass is 220 g/mol. The number of ether oxygens (including phenoxy) is 1. The molecule has 86 valence electrons. The molecule has 0 spiro atoms. The summed E-state index contributed by atoms with van der Waals surface area (Å²) in [5.41, 5.74) is 4.80. The van der Waals surface area contributed by atoms with Gasteiger partial charge < -0.3 is 10.5 Å². The molecule has 0 heterocycles. The summed E-state index contributed by atoms with van der Waals surface area (Å²) in [6, 6.07) is 9.17. The summed E-state index contributed by atoms with van der Waals surface area (Å²) in [6.07, 6.45) is 4.48. The maximum absolute atomic E-state index is 11.8. The molecule has 3 N–H and O–H groups in total. The van der Waals surface area contributed by atoms with E-state index in [0.29, 0.717) is 0 Å². The van der Waals surface area contributed by atoms with Crippen LogP contribution in [-0.2, 0) is 9.53 Å². The minimum Gasteiger partial charge on any atom is -0.458 e. The number of rotatable bonds is 3. The Morgan fingerprint density at radius 2 is 1.88 bits per heavy atom. The number of quaternary nitrogens is 1. The quantitative estimate of drug-likeness (QED) is 0.784. The van der Waals surface area contributed by atoms with Crippen molar-refractivity contribution in [2.24, 2.45) is 0 Å². The largest absolute Gasteiger partial charge is 0.458 e. The molecule has 1 saturated carbocycles. The van der Waals surface area contributed by atoms with Gasteiger partial charge >= 0.3 is 5.97 Å². The SMILES string of the molecule is [NH3+][C@H](C(=O)OC1CCCC1)c1ccccc1. The zero-order valence-corrected chi connectivity index (χ0v) is 9.39. The van der Waals surface area contributed by atoms with Gasteiger partial charge in [-0.2, -0.15) is 0 Å². The molecule has 3 nitrogen and oxygen atoms in total. The third-order valence-electron chi connectivity index (χ3n) is 3.07. The van der Waals surface area contributed by atoms with E-state index in [-0.39, 0.29) is 12.1 Å². The van der Waals surface area contributed by atoms with Gasteiger partial charge in [-0.15, -0.1) is 0 Å². The molecule has 1 aliphatic carbocycles. The number of esters is 1. The van der Waals surface area contributed by atoms with Crippen molar-refractivity contribution in [3.8, 4) is 0 Å². The summed E-state index contributed by atoms with van der Waals surface area (Å²) in [5.74, 6) is -0.196. The fourth-order valence-electron chi connectivity index (χ4n) is 2.07. The fourth-order valence-corrected chi connectivity index (χ4v) is 2.07. The molecule has 1 aliphatic rings. The van der Waals surface area contributed by atoms with E-state index < -0.39 is 6.04 Å². The minimum absolute atomic E-state index is 0.125. The zero-order valence-electron chi connectivity index (χ0n) is 9.39. The van der Waals surface area contributed by atoms with Crippen LogP contribution in [0.5, 0.6) is 0 Å². The molecule has 0 aliphatic heterocycles. The summed E-state index contributed by atoms with van der Waals surface area (Å²) in [7, 11) is 0. The Kier molecular flexibility index (Phi) is 3.57. The molecule has 1 aromatic rings. The molecule has 1 aromatic carbocycles. The van der Waals surface area contributed by atoms with E-state index in [2.05, 4.69) is 5.73 Å². The highest BCUT2D eigenvalue weighted by molar-refractivity contribution is 5.76. The second-order valence-corrected chi connectivity index (χ2v) is 4.31. The van der Waals surface area contributed by atoms with E-state index in [0.717, 1.165) is 18.4 Å². The van der Waals surface area contributed by atoms with E-state index in [1.54, 1.807) is 0 Å². The van der Waals surface area contributed by atoms with Crippen LogP contribution in [-0.4, -0.2) is 12.1 Å². The molecule has 0 unspecified atom stereocenters. The lowest BCUT2D eigenvalue weighted by Gasteiger charge is -2.13. The number of hydrogen-bond donors (Lipinski definition) is 1. The van der Waals surface area contributed by atoms with Crippen LogP contribution in [0, 0.1) is 0 Å². The second kappa shape index (κ2) is 5.12. The van der Waals surface area contributed by atoms with Crippen LogP contribution >= 0.6 is 0 Å². The van der Waals surface area contributed by atoms with Crippen molar-refractivity contribution in [2.45, 2.75) is 37.8 Å². The predicted molar refractivity (Wildman–Crippen MR) is 60.4 cm³/mol. The second-order valence-electron chi connectivity index (χ2n) is 4.31. The first-order valence-electron chi connectivity index (χ1n) is 5.86. The minimum atomic E-state index is -0.401. The van der Waals surface area contributed by atoms with E-state index >= 15 is 0 Å². The molecule has 1 atom stereocenters. The van der Waals surface area contributed by atoms with Crippen LogP contribution in [0.15, 0.2) is 30.3 Å². The van der Waals surface area contributed by atoms with E-state index in [4.69, 9.17) is 4.74 Å². The molecule has 0 saturated heterocycles. The highest BCUT2D eigenvalue weighted by atomic mass is 16.5. The Morgan fingerprint density at radius 1 is 1.25 bits per heavy atom. The van der Waals surface area contributed by atoms with Crippen molar-refractivity contribution in [2.75, 3.05) is 0 Å². The molecule has 2 rings (SSSR count). The average molecular weight is 220 g/mol. The van der Waals surface area contributed by atoms with Crippen molar-refractivity contribution in [3.05, 3.63) is 35.9 Å². The van der Waals surface area contributed by atoms with Gasteiger partial charge in [0, 0.05) is 5.56 Å². The van der Waals surface area contributed by atoms with E-state index in [1.807, 2.05) is 30.3 Å². The third kappa shape index (κ3) is 2.61. The molecule has 0 amide bonds. The highest BCUT2D eigenvalue weighted by Gasteiger charge is 2.26. The predicted octanol–water partition coefficient (Wildman–Crippen LogP) is 1.46. The fraction of sp³-hybridized carbons (Fsp3) is 0.462. The molecule has 0 bridgehead atoms. The van der Waals surface area contributed by atoms with Crippen LogP contribution in [0.1, 0.15) is 37.3 Å². The van der Waals surface area contributed by atoms with Crippen LogP contribution in [0.3, 0.4) is 0 Å². The van der Waals surface area contributed by atoms with Gasteiger partial charge in [0.1, 0.15) is 6.10 Å². The lowest BCUT2D eigenvalue weighted by molar-refractivity contribution is -0.415. The molecular formula is C13H18NO2+. The average Bonchev–Trinajstić information content (AvgIpc) is 2.82. The number of hydrogen-bond acceptors (Lipinski definition) is 2. The molecule has 3 heteroatoms. The van der Waals surface area contributed by atoms with Gasteiger partial charge in [0.2, 0.25) is 6.04 Å². The normalized spacial score (nSPS) is 18.3. The standard InChI is InChI=1S/C13H17NO2/c14-12(10-6-2-1-3-7-10)13(15)16-11-8-4-5-9-11/h1-3,6-7,11-12H,4-5,8-9,14H2/p+1/t12-/m0/s1. The first-order chi connectivity index (χ1) is 7.77. The van der Waals surface area contributed by atoms with Crippen molar-refractivity contribution in [3.63, 3.8) is 0 Å². The van der Waals surface area contributed by atoms with Gasteiger partial charge in [-0.3, -0.25) is 0 Å². The summed E-state index contributed by atoms with van der Waals surface area (Å²) in [4.78, 5) is 11.8. The maximum Gasteiger partial charge on any atom is 0.370 e.